The SMILES string of the molecule is CN(C)C(=N)N=Nc1ccc(N)cc1. The van der Waals surface area contributed by atoms with Crippen molar-refractivity contribution in [3.63, 3.8) is 0 Å². The standard InChI is InChI=1S/C9H13N5/c1-14(2)9(11)13-12-8-5-3-7(10)4-6-8/h3-6,11H,10H2,1-2H3. The Kier molecular flexibility index (Phi) is 3.17. The number of benzene rings is 1. The third-order valence-corrected chi connectivity index (χ3v) is 1.58. The zero-order chi connectivity index (χ0) is 10.6. The highest BCUT2D eigenvalue weighted by atomic mass is 15.3. The summed E-state index contributed by atoms with van der Waals surface area (Å²) in [5.74, 6) is 0.113. The maximum atomic E-state index is 7.38. The zero-order valence-corrected chi connectivity index (χ0v) is 8.23. The minimum atomic E-state index is 0.113. The Hall–Kier alpha value is -1.91. The van der Waals surface area contributed by atoms with Gasteiger partial charge < -0.3 is 10.6 Å². The molecule has 5 nitrogen and oxygen atoms in total. The van der Waals surface area contributed by atoms with Crippen LogP contribution in [0, 0.1) is 5.41 Å². The highest BCUT2D eigenvalue weighted by molar-refractivity contribution is 5.76. The van der Waals surface area contributed by atoms with Gasteiger partial charge >= 0.3 is 0 Å². The highest BCUT2D eigenvalue weighted by Crippen LogP contribution is 2.14. The lowest BCUT2D eigenvalue weighted by Gasteiger charge is -2.06. The first-order valence-corrected chi connectivity index (χ1v) is 4.13. The van der Waals surface area contributed by atoms with Crippen LogP contribution < -0.4 is 5.73 Å². The van der Waals surface area contributed by atoms with Gasteiger partial charge in [-0.25, -0.2) is 0 Å². The summed E-state index contributed by atoms with van der Waals surface area (Å²) in [6.07, 6.45) is 0. The molecule has 0 radical (unpaired) electrons. The van der Waals surface area contributed by atoms with Gasteiger partial charge in [0.25, 0.3) is 0 Å². The quantitative estimate of drug-likeness (QED) is 0.307. The van der Waals surface area contributed by atoms with Crippen molar-refractivity contribution in [3.8, 4) is 0 Å². The molecule has 1 aromatic carbocycles. The Morgan fingerprint density at radius 3 is 2.36 bits per heavy atom. The van der Waals surface area contributed by atoms with Crippen molar-refractivity contribution in [1.29, 1.82) is 5.41 Å². The maximum absolute atomic E-state index is 7.38. The van der Waals surface area contributed by atoms with Crippen LogP contribution in [0.25, 0.3) is 0 Å². The summed E-state index contributed by atoms with van der Waals surface area (Å²) in [6, 6.07) is 6.99. The minimum Gasteiger partial charge on any atom is -0.399 e. The molecule has 0 aliphatic heterocycles. The van der Waals surface area contributed by atoms with Crippen molar-refractivity contribution < 1.29 is 0 Å². The molecule has 14 heavy (non-hydrogen) atoms. The van der Waals surface area contributed by atoms with Crippen LogP contribution in [-0.4, -0.2) is 25.0 Å². The number of nitrogen functional groups attached to an aromatic ring is 1. The van der Waals surface area contributed by atoms with Crippen LogP contribution in [-0.2, 0) is 0 Å². The Labute approximate surface area is 82.8 Å². The van der Waals surface area contributed by atoms with Crippen molar-refractivity contribution in [2.75, 3.05) is 19.8 Å². The molecule has 74 valence electrons. The van der Waals surface area contributed by atoms with Crippen molar-refractivity contribution in [1.82, 2.24) is 4.90 Å². The van der Waals surface area contributed by atoms with E-state index >= 15 is 0 Å². The van der Waals surface area contributed by atoms with Gasteiger partial charge in [0.1, 0.15) is 0 Å². The number of nitrogens with two attached hydrogens (primary N) is 1. The first-order chi connectivity index (χ1) is 6.59. The predicted octanol–water partition coefficient (Wildman–Crippen LogP) is 1.85. The first-order valence-electron chi connectivity index (χ1n) is 4.13. The smallest absolute Gasteiger partial charge is 0.237 e. The van der Waals surface area contributed by atoms with E-state index in [0.29, 0.717) is 11.4 Å². The molecule has 0 fully saturated rings. The fraction of sp³-hybridized carbons (Fsp3) is 0.222. The number of azo groups is 1. The predicted molar refractivity (Wildman–Crippen MR) is 56.8 cm³/mol. The number of nitrogens with one attached hydrogen (secondary N) is 1. The van der Waals surface area contributed by atoms with E-state index in [1.165, 1.54) is 0 Å². The van der Waals surface area contributed by atoms with E-state index in [2.05, 4.69) is 10.2 Å². The number of guanidine groups is 1. The van der Waals surface area contributed by atoms with Gasteiger partial charge in [0.05, 0.1) is 5.69 Å². The lowest BCUT2D eigenvalue weighted by atomic mass is 10.3. The molecule has 5 heteroatoms. The van der Waals surface area contributed by atoms with Gasteiger partial charge in [-0.05, 0) is 24.3 Å². The monoisotopic (exact) mass is 191 g/mol. The van der Waals surface area contributed by atoms with Gasteiger partial charge in [-0.3, -0.25) is 5.41 Å². The summed E-state index contributed by atoms with van der Waals surface area (Å²) in [5.41, 5.74) is 6.88. The summed E-state index contributed by atoms with van der Waals surface area (Å²) in [4.78, 5) is 1.57. The van der Waals surface area contributed by atoms with Crippen molar-refractivity contribution in [2.45, 2.75) is 0 Å². The summed E-state index contributed by atoms with van der Waals surface area (Å²) >= 11 is 0. The van der Waals surface area contributed by atoms with Gasteiger partial charge in [-0.1, -0.05) is 0 Å². The molecule has 0 saturated carbocycles. The second-order valence-corrected chi connectivity index (χ2v) is 3.01. The molecule has 0 aliphatic carbocycles. The molecule has 0 spiro atoms. The van der Waals surface area contributed by atoms with Crippen LogP contribution >= 0.6 is 0 Å². The van der Waals surface area contributed by atoms with E-state index in [1.807, 2.05) is 0 Å². The topological polar surface area (TPSA) is 77.8 Å². The molecular formula is C9H13N5. The van der Waals surface area contributed by atoms with E-state index in [9.17, 15) is 0 Å². The second kappa shape index (κ2) is 4.36. The van der Waals surface area contributed by atoms with Crippen LogP contribution in [0.3, 0.4) is 0 Å². The average molecular weight is 191 g/mol. The molecular weight excluding hydrogens is 178 g/mol. The number of nitrogens with zero attached hydrogens (tertiary/aromatic N) is 3. The van der Waals surface area contributed by atoms with E-state index in [-0.39, 0.29) is 5.96 Å². The van der Waals surface area contributed by atoms with Crippen molar-refractivity contribution in [3.05, 3.63) is 24.3 Å². The van der Waals surface area contributed by atoms with E-state index in [4.69, 9.17) is 11.1 Å². The summed E-state index contributed by atoms with van der Waals surface area (Å²) in [6.45, 7) is 0. The van der Waals surface area contributed by atoms with Crippen molar-refractivity contribution >= 4 is 17.3 Å². The Morgan fingerprint density at radius 2 is 1.86 bits per heavy atom. The average Bonchev–Trinajstić information content (AvgIpc) is 2.16. The summed E-state index contributed by atoms with van der Waals surface area (Å²) in [5, 5.41) is 15.0. The highest BCUT2D eigenvalue weighted by Gasteiger charge is 1.94. The van der Waals surface area contributed by atoms with Crippen LogP contribution in [0.2, 0.25) is 0 Å². The lowest BCUT2D eigenvalue weighted by molar-refractivity contribution is 0.605. The molecule has 1 aromatic rings. The fourth-order valence-electron chi connectivity index (χ4n) is 0.736. The minimum absolute atomic E-state index is 0.113. The van der Waals surface area contributed by atoms with Crippen molar-refractivity contribution in [2.24, 2.45) is 10.2 Å². The summed E-state index contributed by atoms with van der Waals surface area (Å²) in [7, 11) is 3.48. The van der Waals surface area contributed by atoms with Crippen LogP contribution in [0.4, 0.5) is 11.4 Å². The molecule has 0 bridgehead atoms. The summed E-state index contributed by atoms with van der Waals surface area (Å²) < 4.78 is 0. The van der Waals surface area contributed by atoms with Gasteiger partial charge in [0.15, 0.2) is 0 Å². The number of hydrogen-bond donors (Lipinski definition) is 2. The molecule has 3 N–H and O–H groups in total. The van der Waals surface area contributed by atoms with E-state index in [1.54, 1.807) is 43.3 Å². The fourth-order valence-corrected chi connectivity index (χ4v) is 0.736. The molecule has 0 unspecified atom stereocenters. The van der Waals surface area contributed by atoms with Gasteiger partial charge in [0, 0.05) is 19.8 Å². The van der Waals surface area contributed by atoms with Crippen LogP contribution in [0.1, 0.15) is 0 Å². The van der Waals surface area contributed by atoms with Gasteiger partial charge in [-0.15, -0.1) is 10.2 Å². The zero-order valence-electron chi connectivity index (χ0n) is 8.23. The molecule has 1 rings (SSSR count). The molecule has 0 heterocycles. The van der Waals surface area contributed by atoms with Gasteiger partial charge in [-0.2, -0.15) is 0 Å². The molecule has 0 saturated heterocycles. The third-order valence-electron chi connectivity index (χ3n) is 1.58. The van der Waals surface area contributed by atoms with Gasteiger partial charge in [0.2, 0.25) is 5.96 Å². The third kappa shape index (κ3) is 2.85. The molecule has 0 aromatic heterocycles. The Morgan fingerprint density at radius 1 is 1.29 bits per heavy atom. The normalized spacial score (nSPS) is 10.4. The molecule has 0 atom stereocenters. The molecule has 0 amide bonds. The number of rotatable bonds is 1. The number of hydrogen-bond acceptors (Lipinski definition) is 3. The second-order valence-electron chi connectivity index (χ2n) is 3.01. The largest absolute Gasteiger partial charge is 0.399 e. The van der Waals surface area contributed by atoms with Crippen LogP contribution in [0.15, 0.2) is 34.5 Å². The van der Waals surface area contributed by atoms with E-state index < -0.39 is 0 Å². The van der Waals surface area contributed by atoms with E-state index in [0.717, 1.165) is 0 Å². The maximum Gasteiger partial charge on any atom is 0.237 e. The first kappa shape index (κ1) is 10.2. The Bertz CT molecular complexity index is 339. The molecule has 0 aliphatic rings. The lowest BCUT2D eigenvalue weighted by Crippen LogP contribution is -2.17. The number of anilines is 1. The Balaban J connectivity index is 2.69. The van der Waals surface area contributed by atoms with Crippen LogP contribution in [0.5, 0.6) is 0 Å².